The fourth-order valence-electron chi connectivity index (χ4n) is 1.72. The Bertz CT molecular complexity index is 487. The number of carbonyl (C=O) groups is 2. The molecule has 2 N–H and O–H groups in total. The van der Waals surface area contributed by atoms with Crippen molar-refractivity contribution in [3.05, 3.63) is 23.8 Å². The van der Waals surface area contributed by atoms with E-state index in [2.05, 4.69) is 5.32 Å². The highest BCUT2D eigenvalue weighted by molar-refractivity contribution is 5.77. The Morgan fingerprint density at radius 3 is 2.67 bits per heavy atom. The third kappa shape index (κ3) is 6.65. The van der Waals surface area contributed by atoms with Crippen molar-refractivity contribution in [3.63, 3.8) is 0 Å². The number of unbranched alkanes of at least 4 members (excludes halogenated alkanes) is 1. The fraction of sp³-hybridized carbons (Fsp3) is 0.467. The van der Waals surface area contributed by atoms with Gasteiger partial charge in [0.05, 0.1) is 7.11 Å². The average Bonchev–Trinajstić information content (AvgIpc) is 2.45. The predicted molar refractivity (Wildman–Crippen MR) is 77.7 cm³/mol. The summed E-state index contributed by atoms with van der Waals surface area (Å²) in [6.45, 7) is 2.29. The smallest absolute Gasteiger partial charge is 0.303 e. The van der Waals surface area contributed by atoms with Crippen LogP contribution >= 0.6 is 0 Å². The normalized spacial score (nSPS) is 10.0. The number of carbonyl (C=O) groups excluding carboxylic acids is 1. The molecule has 0 aliphatic heterocycles. The first-order valence-electron chi connectivity index (χ1n) is 6.79. The van der Waals surface area contributed by atoms with Gasteiger partial charge in [-0.05, 0) is 37.5 Å². The van der Waals surface area contributed by atoms with Crippen LogP contribution in [0.25, 0.3) is 0 Å². The minimum Gasteiger partial charge on any atom is -0.493 e. The Balaban J connectivity index is 2.28. The van der Waals surface area contributed by atoms with Crippen molar-refractivity contribution in [1.82, 2.24) is 5.32 Å². The molecule has 0 bridgehead atoms. The summed E-state index contributed by atoms with van der Waals surface area (Å²) in [5, 5.41) is 11.2. The van der Waals surface area contributed by atoms with E-state index in [0.29, 0.717) is 30.9 Å². The molecule has 0 unspecified atom stereocenters. The summed E-state index contributed by atoms with van der Waals surface area (Å²) in [4.78, 5) is 21.9. The SMILES string of the molecule is COc1cc(C)ccc1OCC(=O)NCCCCC(=O)O. The van der Waals surface area contributed by atoms with Crippen LogP contribution in [0.5, 0.6) is 11.5 Å². The van der Waals surface area contributed by atoms with Crippen LogP contribution in [0.4, 0.5) is 0 Å². The van der Waals surface area contributed by atoms with E-state index in [1.807, 2.05) is 19.1 Å². The molecule has 0 spiro atoms. The zero-order valence-electron chi connectivity index (χ0n) is 12.3. The quantitative estimate of drug-likeness (QED) is 0.678. The molecule has 1 rings (SSSR count). The van der Waals surface area contributed by atoms with Gasteiger partial charge in [-0.2, -0.15) is 0 Å². The van der Waals surface area contributed by atoms with E-state index in [4.69, 9.17) is 14.6 Å². The number of hydrogen-bond donors (Lipinski definition) is 2. The van der Waals surface area contributed by atoms with E-state index in [1.54, 1.807) is 13.2 Å². The predicted octanol–water partition coefficient (Wildman–Crippen LogP) is 1.75. The first-order chi connectivity index (χ1) is 10.0. The average molecular weight is 295 g/mol. The summed E-state index contributed by atoms with van der Waals surface area (Å²) in [7, 11) is 1.55. The largest absolute Gasteiger partial charge is 0.493 e. The van der Waals surface area contributed by atoms with Gasteiger partial charge < -0.3 is 19.9 Å². The van der Waals surface area contributed by atoms with Crippen molar-refractivity contribution in [2.45, 2.75) is 26.2 Å². The van der Waals surface area contributed by atoms with Gasteiger partial charge in [-0.25, -0.2) is 0 Å². The topological polar surface area (TPSA) is 84.9 Å². The number of nitrogens with one attached hydrogen (secondary N) is 1. The minimum atomic E-state index is -0.823. The van der Waals surface area contributed by atoms with E-state index < -0.39 is 5.97 Å². The second kappa shape index (κ2) is 8.84. The van der Waals surface area contributed by atoms with E-state index >= 15 is 0 Å². The molecule has 6 nitrogen and oxygen atoms in total. The van der Waals surface area contributed by atoms with Crippen LogP contribution < -0.4 is 14.8 Å². The Morgan fingerprint density at radius 2 is 2.00 bits per heavy atom. The van der Waals surface area contributed by atoms with Gasteiger partial charge in [0, 0.05) is 13.0 Å². The zero-order chi connectivity index (χ0) is 15.7. The lowest BCUT2D eigenvalue weighted by molar-refractivity contribution is -0.137. The van der Waals surface area contributed by atoms with Gasteiger partial charge in [0.1, 0.15) is 0 Å². The summed E-state index contributed by atoms with van der Waals surface area (Å²) in [6.07, 6.45) is 1.29. The molecule has 0 fully saturated rings. The lowest BCUT2D eigenvalue weighted by Crippen LogP contribution is -2.29. The lowest BCUT2D eigenvalue weighted by Gasteiger charge is -2.11. The third-order valence-corrected chi connectivity index (χ3v) is 2.82. The third-order valence-electron chi connectivity index (χ3n) is 2.82. The number of methoxy groups -OCH3 is 1. The zero-order valence-corrected chi connectivity index (χ0v) is 12.3. The molecule has 0 saturated carbocycles. The maximum atomic E-state index is 11.6. The van der Waals surface area contributed by atoms with E-state index in [-0.39, 0.29) is 18.9 Å². The Labute approximate surface area is 124 Å². The standard InChI is InChI=1S/C15H21NO5/c1-11-6-7-12(13(9-11)20-2)21-10-14(17)16-8-4-3-5-15(18)19/h6-7,9H,3-5,8,10H2,1-2H3,(H,16,17)(H,18,19). The Kier molecular flexibility index (Phi) is 7.08. The van der Waals surface area contributed by atoms with Crippen LogP contribution in [-0.2, 0) is 9.59 Å². The molecule has 1 aromatic carbocycles. The molecule has 21 heavy (non-hydrogen) atoms. The Hall–Kier alpha value is -2.24. The molecule has 0 saturated heterocycles. The minimum absolute atomic E-state index is 0.0989. The van der Waals surface area contributed by atoms with Gasteiger partial charge >= 0.3 is 5.97 Å². The second-order valence-corrected chi connectivity index (χ2v) is 4.64. The number of rotatable bonds is 9. The van der Waals surface area contributed by atoms with E-state index in [1.165, 1.54) is 0 Å². The molecule has 1 amide bonds. The molecular formula is C15H21NO5. The molecular weight excluding hydrogens is 274 g/mol. The van der Waals surface area contributed by atoms with Crippen molar-refractivity contribution < 1.29 is 24.2 Å². The number of carboxylic acid groups (broad SMARTS) is 1. The van der Waals surface area contributed by atoms with Gasteiger partial charge in [0.2, 0.25) is 0 Å². The van der Waals surface area contributed by atoms with Crippen LogP contribution in [0.3, 0.4) is 0 Å². The molecule has 0 radical (unpaired) electrons. The van der Waals surface area contributed by atoms with Crippen molar-refractivity contribution in [1.29, 1.82) is 0 Å². The summed E-state index contributed by atoms with van der Waals surface area (Å²) in [5.74, 6) is 0.0393. The number of ether oxygens (including phenoxy) is 2. The van der Waals surface area contributed by atoms with Gasteiger partial charge in [-0.15, -0.1) is 0 Å². The maximum absolute atomic E-state index is 11.6. The number of amides is 1. The van der Waals surface area contributed by atoms with Gasteiger partial charge in [0.15, 0.2) is 18.1 Å². The molecule has 0 aliphatic rings. The summed E-state index contributed by atoms with van der Waals surface area (Å²) >= 11 is 0. The van der Waals surface area contributed by atoms with E-state index in [0.717, 1.165) is 5.56 Å². The molecule has 0 atom stereocenters. The van der Waals surface area contributed by atoms with Gasteiger partial charge in [-0.1, -0.05) is 6.07 Å². The van der Waals surface area contributed by atoms with E-state index in [9.17, 15) is 9.59 Å². The fourth-order valence-corrected chi connectivity index (χ4v) is 1.72. The van der Waals surface area contributed by atoms with Crippen molar-refractivity contribution in [2.75, 3.05) is 20.3 Å². The highest BCUT2D eigenvalue weighted by Gasteiger charge is 2.07. The van der Waals surface area contributed by atoms with Crippen molar-refractivity contribution in [3.8, 4) is 11.5 Å². The van der Waals surface area contributed by atoms with Crippen molar-refractivity contribution >= 4 is 11.9 Å². The summed E-state index contributed by atoms with van der Waals surface area (Å²) in [5.41, 5.74) is 1.04. The molecule has 1 aromatic rings. The molecule has 0 heterocycles. The number of aliphatic carboxylic acids is 1. The number of benzene rings is 1. The first-order valence-corrected chi connectivity index (χ1v) is 6.79. The monoisotopic (exact) mass is 295 g/mol. The van der Waals surface area contributed by atoms with Crippen LogP contribution in [-0.4, -0.2) is 37.2 Å². The van der Waals surface area contributed by atoms with Crippen LogP contribution in [0, 0.1) is 6.92 Å². The molecule has 6 heteroatoms. The highest BCUT2D eigenvalue weighted by Crippen LogP contribution is 2.27. The summed E-state index contributed by atoms with van der Waals surface area (Å²) in [6, 6.07) is 5.47. The molecule has 116 valence electrons. The second-order valence-electron chi connectivity index (χ2n) is 4.64. The summed E-state index contributed by atoms with van der Waals surface area (Å²) < 4.78 is 10.6. The van der Waals surface area contributed by atoms with Gasteiger partial charge in [0.25, 0.3) is 5.91 Å². The molecule has 0 aromatic heterocycles. The highest BCUT2D eigenvalue weighted by atomic mass is 16.5. The first kappa shape index (κ1) is 16.8. The van der Waals surface area contributed by atoms with Crippen LogP contribution in [0.2, 0.25) is 0 Å². The van der Waals surface area contributed by atoms with Crippen LogP contribution in [0.1, 0.15) is 24.8 Å². The van der Waals surface area contributed by atoms with Crippen molar-refractivity contribution in [2.24, 2.45) is 0 Å². The number of carboxylic acids is 1. The lowest BCUT2D eigenvalue weighted by atomic mass is 10.2. The van der Waals surface area contributed by atoms with Crippen LogP contribution in [0.15, 0.2) is 18.2 Å². The number of aryl methyl sites for hydroxylation is 1. The number of hydrogen-bond acceptors (Lipinski definition) is 4. The molecule has 0 aliphatic carbocycles. The maximum Gasteiger partial charge on any atom is 0.303 e. The Morgan fingerprint density at radius 1 is 1.24 bits per heavy atom. The van der Waals surface area contributed by atoms with Gasteiger partial charge in [-0.3, -0.25) is 9.59 Å².